The minimum absolute atomic E-state index is 0.0401. The summed E-state index contributed by atoms with van der Waals surface area (Å²) in [4.78, 5) is 38.2. The highest BCUT2D eigenvalue weighted by molar-refractivity contribution is 7.09. The zero-order chi connectivity index (χ0) is 19.0. The number of hydrogen-bond donors (Lipinski definition) is 1. The summed E-state index contributed by atoms with van der Waals surface area (Å²) in [5.41, 5.74) is 1.19. The lowest BCUT2D eigenvalue weighted by Crippen LogP contribution is -2.46. The molecule has 1 atom stereocenters. The van der Waals surface area contributed by atoms with Crippen molar-refractivity contribution in [1.29, 1.82) is 0 Å². The van der Waals surface area contributed by atoms with Crippen LogP contribution < -0.4 is 10.3 Å². The van der Waals surface area contributed by atoms with Crippen molar-refractivity contribution in [3.63, 3.8) is 0 Å². The number of methoxy groups -OCH3 is 1. The lowest BCUT2D eigenvalue weighted by Gasteiger charge is -2.41. The SMILES string of the molecule is COc1cccc([C@@H]2CCN2C(=O)c2cnc(-c3csc(C)n3)[nH]c2=O)c1. The van der Waals surface area contributed by atoms with Gasteiger partial charge in [-0.1, -0.05) is 12.1 Å². The van der Waals surface area contributed by atoms with Gasteiger partial charge in [-0.25, -0.2) is 9.97 Å². The van der Waals surface area contributed by atoms with Crippen molar-refractivity contribution in [2.24, 2.45) is 0 Å². The van der Waals surface area contributed by atoms with E-state index in [9.17, 15) is 9.59 Å². The molecule has 8 heteroatoms. The molecule has 0 saturated carbocycles. The van der Waals surface area contributed by atoms with Crippen LogP contribution >= 0.6 is 11.3 Å². The van der Waals surface area contributed by atoms with Crippen LogP contribution in [0.5, 0.6) is 5.75 Å². The van der Waals surface area contributed by atoms with Gasteiger partial charge in [0.1, 0.15) is 17.0 Å². The number of benzene rings is 1. The molecule has 7 nitrogen and oxygen atoms in total. The van der Waals surface area contributed by atoms with Crippen molar-refractivity contribution in [2.75, 3.05) is 13.7 Å². The third-order valence-corrected chi connectivity index (χ3v) is 5.42. The van der Waals surface area contributed by atoms with Gasteiger partial charge < -0.3 is 14.6 Å². The summed E-state index contributed by atoms with van der Waals surface area (Å²) in [6, 6.07) is 7.58. The van der Waals surface area contributed by atoms with E-state index in [1.54, 1.807) is 12.0 Å². The molecule has 27 heavy (non-hydrogen) atoms. The van der Waals surface area contributed by atoms with E-state index in [0.29, 0.717) is 18.1 Å². The number of amides is 1. The van der Waals surface area contributed by atoms with Crippen LogP contribution in [0.4, 0.5) is 0 Å². The molecule has 0 radical (unpaired) electrons. The van der Waals surface area contributed by atoms with Crippen LogP contribution in [-0.4, -0.2) is 39.4 Å². The maximum Gasteiger partial charge on any atom is 0.264 e. The number of hydrogen-bond acceptors (Lipinski definition) is 6. The molecule has 4 rings (SSSR count). The van der Waals surface area contributed by atoms with Gasteiger partial charge in [-0.05, 0) is 31.0 Å². The van der Waals surface area contributed by atoms with Gasteiger partial charge in [0.2, 0.25) is 0 Å². The average Bonchev–Trinajstić information content (AvgIpc) is 3.07. The van der Waals surface area contributed by atoms with E-state index in [1.165, 1.54) is 17.5 Å². The van der Waals surface area contributed by atoms with Gasteiger partial charge >= 0.3 is 0 Å². The fraction of sp³-hybridized carbons (Fsp3) is 0.263. The van der Waals surface area contributed by atoms with Crippen LogP contribution in [0.25, 0.3) is 11.5 Å². The number of carbonyl (C=O) groups is 1. The number of nitrogens with one attached hydrogen (secondary N) is 1. The minimum Gasteiger partial charge on any atom is -0.497 e. The number of thiazole rings is 1. The minimum atomic E-state index is -0.452. The first kappa shape index (κ1) is 17.4. The Morgan fingerprint density at radius 2 is 2.26 bits per heavy atom. The number of rotatable bonds is 4. The Hall–Kier alpha value is -3.00. The first-order valence-electron chi connectivity index (χ1n) is 8.53. The number of carbonyl (C=O) groups excluding carboxylic acids is 1. The molecule has 1 N–H and O–H groups in total. The van der Waals surface area contributed by atoms with Gasteiger partial charge in [0, 0.05) is 18.1 Å². The van der Waals surface area contributed by atoms with E-state index in [1.807, 2.05) is 36.6 Å². The molecule has 1 amide bonds. The lowest BCUT2D eigenvalue weighted by atomic mass is 9.94. The number of nitrogens with zero attached hydrogens (tertiary/aromatic N) is 3. The van der Waals surface area contributed by atoms with Crippen LogP contribution in [0.15, 0.2) is 40.6 Å². The molecule has 0 spiro atoms. The summed E-state index contributed by atoms with van der Waals surface area (Å²) in [7, 11) is 1.61. The van der Waals surface area contributed by atoms with Crippen molar-refractivity contribution in [3.05, 3.63) is 62.3 Å². The molecule has 0 bridgehead atoms. The van der Waals surface area contributed by atoms with E-state index < -0.39 is 5.56 Å². The molecule has 138 valence electrons. The third-order valence-electron chi connectivity index (χ3n) is 4.65. The highest BCUT2D eigenvalue weighted by Crippen LogP contribution is 2.35. The Morgan fingerprint density at radius 3 is 2.89 bits per heavy atom. The molecule has 1 fully saturated rings. The van der Waals surface area contributed by atoms with Gasteiger partial charge in [-0.3, -0.25) is 9.59 Å². The van der Waals surface area contributed by atoms with Crippen LogP contribution in [-0.2, 0) is 0 Å². The van der Waals surface area contributed by atoms with Gasteiger partial charge in [0.05, 0.1) is 18.2 Å². The number of aromatic amines is 1. The van der Waals surface area contributed by atoms with E-state index in [-0.39, 0.29) is 17.5 Å². The number of likely N-dealkylation sites (tertiary alicyclic amines) is 1. The van der Waals surface area contributed by atoms with Crippen LogP contribution in [0.3, 0.4) is 0 Å². The van der Waals surface area contributed by atoms with Crippen LogP contribution in [0.2, 0.25) is 0 Å². The summed E-state index contributed by atoms with van der Waals surface area (Å²) < 4.78 is 5.26. The Bertz CT molecular complexity index is 1060. The predicted molar refractivity (Wildman–Crippen MR) is 102 cm³/mol. The Morgan fingerprint density at radius 1 is 1.41 bits per heavy atom. The fourth-order valence-corrected chi connectivity index (χ4v) is 3.73. The smallest absolute Gasteiger partial charge is 0.264 e. The highest BCUT2D eigenvalue weighted by atomic mass is 32.1. The average molecular weight is 382 g/mol. The first-order chi connectivity index (χ1) is 13.1. The topological polar surface area (TPSA) is 88.2 Å². The Labute approximate surface area is 159 Å². The van der Waals surface area contributed by atoms with Crippen molar-refractivity contribution in [2.45, 2.75) is 19.4 Å². The Balaban J connectivity index is 1.58. The van der Waals surface area contributed by atoms with Gasteiger partial charge in [-0.15, -0.1) is 11.3 Å². The molecule has 2 aromatic heterocycles. The first-order valence-corrected chi connectivity index (χ1v) is 9.41. The van der Waals surface area contributed by atoms with E-state index in [2.05, 4.69) is 15.0 Å². The summed E-state index contributed by atoms with van der Waals surface area (Å²) >= 11 is 1.48. The molecular weight excluding hydrogens is 364 g/mol. The van der Waals surface area contributed by atoms with Gasteiger partial charge in [-0.2, -0.15) is 0 Å². The number of ether oxygens (including phenoxy) is 1. The zero-order valence-electron chi connectivity index (χ0n) is 14.9. The zero-order valence-corrected chi connectivity index (χ0v) is 15.7. The maximum absolute atomic E-state index is 12.9. The number of H-pyrrole nitrogens is 1. The molecule has 1 aromatic carbocycles. The van der Waals surface area contributed by atoms with Crippen LogP contribution in [0, 0.1) is 6.92 Å². The van der Waals surface area contributed by atoms with Crippen molar-refractivity contribution >= 4 is 17.2 Å². The van der Waals surface area contributed by atoms with Crippen molar-refractivity contribution in [1.82, 2.24) is 19.9 Å². The quantitative estimate of drug-likeness (QED) is 0.750. The molecule has 1 aliphatic rings. The van der Waals surface area contributed by atoms with Gasteiger partial charge in [0.15, 0.2) is 5.82 Å². The van der Waals surface area contributed by atoms with Crippen molar-refractivity contribution < 1.29 is 9.53 Å². The Kier molecular flexibility index (Phi) is 4.49. The second kappa shape index (κ2) is 6.96. The van der Waals surface area contributed by atoms with Crippen LogP contribution in [0.1, 0.15) is 33.4 Å². The second-order valence-electron chi connectivity index (χ2n) is 6.31. The number of aromatic nitrogens is 3. The normalized spacial score (nSPS) is 16.1. The highest BCUT2D eigenvalue weighted by Gasteiger charge is 2.35. The third kappa shape index (κ3) is 3.23. The van der Waals surface area contributed by atoms with E-state index >= 15 is 0 Å². The molecule has 3 aromatic rings. The molecule has 0 aliphatic carbocycles. The molecule has 3 heterocycles. The van der Waals surface area contributed by atoms with Gasteiger partial charge in [0.25, 0.3) is 11.5 Å². The van der Waals surface area contributed by atoms with E-state index in [0.717, 1.165) is 22.7 Å². The summed E-state index contributed by atoms with van der Waals surface area (Å²) in [6.07, 6.45) is 2.19. The summed E-state index contributed by atoms with van der Waals surface area (Å²) in [5.74, 6) is 0.798. The molecule has 0 unspecified atom stereocenters. The van der Waals surface area contributed by atoms with E-state index in [4.69, 9.17) is 4.74 Å². The fourth-order valence-electron chi connectivity index (χ4n) is 3.13. The molecule has 1 aliphatic heterocycles. The standard InChI is InChI=1S/C19H18N4O3S/c1-11-21-15(10-27-11)17-20-9-14(18(24)22-17)19(25)23-7-6-16(23)12-4-3-5-13(8-12)26-2/h3-5,8-10,16H,6-7H2,1-2H3,(H,20,22,24)/t16-/m0/s1. The lowest BCUT2D eigenvalue weighted by molar-refractivity contribution is 0.0457. The monoisotopic (exact) mass is 382 g/mol. The summed E-state index contributed by atoms with van der Waals surface area (Å²) in [6.45, 7) is 2.49. The number of aryl methyl sites for hydroxylation is 1. The molecular formula is C19H18N4O3S. The largest absolute Gasteiger partial charge is 0.497 e. The predicted octanol–water partition coefficient (Wildman–Crippen LogP) is 2.80. The summed E-state index contributed by atoms with van der Waals surface area (Å²) in [5, 5.41) is 2.71. The maximum atomic E-state index is 12.9. The second-order valence-corrected chi connectivity index (χ2v) is 7.37. The molecule has 1 saturated heterocycles. The van der Waals surface area contributed by atoms with Crippen molar-refractivity contribution in [3.8, 4) is 17.3 Å².